The topological polar surface area (TPSA) is 56.2 Å². The summed E-state index contributed by atoms with van der Waals surface area (Å²) in [6, 6.07) is 76.1. The molecule has 5 heteroatoms. The summed E-state index contributed by atoms with van der Waals surface area (Å²) in [5.41, 5.74) is 15.9. The van der Waals surface area contributed by atoms with Gasteiger partial charge in [-0.15, -0.1) is 0 Å². The van der Waals surface area contributed by atoms with Crippen LogP contribution < -0.4 is 0 Å². The second kappa shape index (κ2) is 14.7. The van der Waals surface area contributed by atoms with Crippen LogP contribution in [0.1, 0.15) is 0 Å². The molecule has 0 bridgehead atoms. The molecule has 4 aromatic heterocycles. The van der Waals surface area contributed by atoms with Crippen molar-refractivity contribution >= 4 is 38.2 Å². The molecular weight excluding hydrogens is 757 g/mol. The van der Waals surface area contributed by atoms with Crippen molar-refractivity contribution < 1.29 is 4.42 Å². The Hall–Kier alpha value is -8.41. The van der Waals surface area contributed by atoms with Crippen LogP contribution in [0.2, 0.25) is 0 Å². The predicted molar refractivity (Wildman–Crippen MR) is 254 cm³/mol. The van der Waals surface area contributed by atoms with Crippen molar-refractivity contribution in [2.75, 3.05) is 0 Å². The smallest absolute Gasteiger partial charge is 0.160 e. The molecule has 0 radical (unpaired) electrons. The fraction of sp³-hybridized carbons (Fsp3) is 0. The van der Waals surface area contributed by atoms with Crippen molar-refractivity contribution in [2.45, 2.75) is 0 Å². The highest BCUT2D eigenvalue weighted by atomic mass is 16.3. The lowest BCUT2D eigenvalue weighted by atomic mass is 9.96. The highest BCUT2D eigenvalue weighted by Gasteiger charge is 2.22. The second-order valence-electron chi connectivity index (χ2n) is 15.6. The van der Waals surface area contributed by atoms with Gasteiger partial charge in [-0.05, 0) is 58.5 Å². The first-order valence-corrected chi connectivity index (χ1v) is 20.8. The minimum Gasteiger partial charge on any atom is -0.456 e. The zero-order chi connectivity index (χ0) is 41.0. The van der Waals surface area contributed by atoms with E-state index in [0.717, 1.165) is 111 Å². The summed E-state index contributed by atoms with van der Waals surface area (Å²) >= 11 is 0. The molecule has 62 heavy (non-hydrogen) atoms. The fourth-order valence-corrected chi connectivity index (χ4v) is 8.81. The first kappa shape index (κ1) is 35.5. The van der Waals surface area contributed by atoms with Gasteiger partial charge in [-0.3, -0.25) is 0 Å². The first-order chi connectivity index (χ1) is 30.7. The Morgan fingerprint density at radius 1 is 0.355 bits per heavy atom. The maximum Gasteiger partial charge on any atom is 0.160 e. The van der Waals surface area contributed by atoms with Gasteiger partial charge in [0.1, 0.15) is 16.9 Å². The van der Waals surface area contributed by atoms with Gasteiger partial charge in [-0.1, -0.05) is 182 Å². The van der Waals surface area contributed by atoms with E-state index < -0.39 is 0 Å². The molecular formula is C57H36N4O. The second-order valence-corrected chi connectivity index (χ2v) is 15.6. The zero-order valence-corrected chi connectivity index (χ0v) is 33.5. The lowest BCUT2D eigenvalue weighted by molar-refractivity contribution is 0.669. The molecule has 0 N–H and O–H groups in total. The Balaban J connectivity index is 0.998. The van der Waals surface area contributed by atoms with E-state index in [4.69, 9.17) is 19.5 Å². The van der Waals surface area contributed by atoms with Crippen LogP contribution >= 0.6 is 0 Å². The zero-order valence-electron chi connectivity index (χ0n) is 33.5. The van der Waals surface area contributed by atoms with Crippen molar-refractivity contribution in [1.82, 2.24) is 19.6 Å². The predicted octanol–water partition coefficient (Wildman–Crippen LogP) is 14.8. The van der Waals surface area contributed by atoms with Crippen LogP contribution in [-0.2, 0) is 0 Å². The summed E-state index contributed by atoms with van der Waals surface area (Å²) in [6.07, 6.45) is 0. The van der Waals surface area contributed by atoms with E-state index in [0.29, 0.717) is 5.82 Å². The van der Waals surface area contributed by atoms with Gasteiger partial charge in [0.15, 0.2) is 5.82 Å². The third-order valence-corrected chi connectivity index (χ3v) is 11.8. The van der Waals surface area contributed by atoms with Gasteiger partial charge >= 0.3 is 0 Å². The van der Waals surface area contributed by atoms with Gasteiger partial charge in [0.05, 0.1) is 22.6 Å². The Morgan fingerprint density at radius 3 is 1.68 bits per heavy atom. The number of aromatic nitrogens is 4. The molecule has 0 amide bonds. The van der Waals surface area contributed by atoms with Crippen LogP contribution in [0.25, 0.3) is 117 Å². The molecule has 290 valence electrons. The lowest BCUT2D eigenvalue weighted by Gasteiger charge is -2.11. The van der Waals surface area contributed by atoms with E-state index in [1.54, 1.807) is 0 Å². The van der Waals surface area contributed by atoms with Gasteiger partial charge < -0.3 is 4.42 Å². The van der Waals surface area contributed by atoms with Crippen molar-refractivity contribution in [3.8, 4) is 78.7 Å². The molecule has 0 spiro atoms. The minimum atomic E-state index is 0.642. The van der Waals surface area contributed by atoms with E-state index in [9.17, 15) is 0 Å². The summed E-state index contributed by atoms with van der Waals surface area (Å²) in [5.74, 6) is 0.642. The lowest BCUT2D eigenvalue weighted by Crippen LogP contribution is -1.96. The minimum absolute atomic E-state index is 0.642. The summed E-state index contributed by atoms with van der Waals surface area (Å²) < 4.78 is 8.35. The van der Waals surface area contributed by atoms with Crippen LogP contribution in [-0.4, -0.2) is 19.6 Å². The molecule has 0 unspecified atom stereocenters. The number of rotatable bonds is 7. The van der Waals surface area contributed by atoms with E-state index in [-0.39, 0.29) is 0 Å². The molecule has 0 saturated carbocycles. The normalized spacial score (nSPS) is 11.5. The Morgan fingerprint density at radius 2 is 0.919 bits per heavy atom. The Kier molecular flexibility index (Phi) is 8.42. The number of benzene rings is 8. The molecule has 12 rings (SSSR count). The average Bonchev–Trinajstić information content (AvgIpc) is 3.94. The largest absolute Gasteiger partial charge is 0.456 e. The highest BCUT2D eigenvalue weighted by Crippen LogP contribution is 2.42. The maximum atomic E-state index is 6.22. The molecule has 0 fully saturated rings. The SMILES string of the molecule is c1ccc(-c2cc(-c3ccc(-c4ccc5c(c4)oc4ccccc45)cc3)nc(-c3cccc(-c4nn5c(-c6ccccc6)cc6ccccc6c5c4-c4ccccc4)c3)n2)cc1. The molecule has 0 atom stereocenters. The third kappa shape index (κ3) is 6.14. The van der Waals surface area contributed by atoms with Crippen molar-refractivity contribution in [2.24, 2.45) is 0 Å². The summed E-state index contributed by atoms with van der Waals surface area (Å²) in [5, 5.41) is 10.0. The van der Waals surface area contributed by atoms with E-state index in [1.165, 1.54) is 0 Å². The first-order valence-electron chi connectivity index (χ1n) is 20.8. The number of furan rings is 1. The van der Waals surface area contributed by atoms with Crippen molar-refractivity contribution in [3.63, 3.8) is 0 Å². The molecule has 0 aliphatic heterocycles. The molecule has 12 aromatic rings. The molecule has 5 nitrogen and oxygen atoms in total. The summed E-state index contributed by atoms with van der Waals surface area (Å²) in [7, 11) is 0. The van der Waals surface area contributed by atoms with Gasteiger partial charge in [0.2, 0.25) is 0 Å². The number of nitrogens with zero attached hydrogens (tertiary/aromatic N) is 4. The fourth-order valence-electron chi connectivity index (χ4n) is 8.81. The van der Waals surface area contributed by atoms with Gasteiger partial charge in [-0.25, -0.2) is 14.5 Å². The standard InChI is InChI=1S/C57H36N4O/c1-4-15-38(16-5-1)49-36-50(39-29-27-37(28-30-39)42-31-32-48-47-25-12-13-26-52(47)62-53(48)35-42)59-57(58-49)45-23-14-22-44(33-45)55-54(41-19-8-3-9-20-41)56-46-24-11-10-21-43(46)34-51(61(56)60-55)40-17-6-2-7-18-40/h1-36H. The number of para-hydroxylation sites is 1. The quantitative estimate of drug-likeness (QED) is 0.161. The van der Waals surface area contributed by atoms with Gasteiger partial charge in [-0.2, -0.15) is 5.10 Å². The van der Waals surface area contributed by atoms with Crippen LogP contribution in [0.4, 0.5) is 0 Å². The van der Waals surface area contributed by atoms with Crippen LogP contribution in [0.5, 0.6) is 0 Å². The van der Waals surface area contributed by atoms with Crippen LogP contribution in [0.3, 0.4) is 0 Å². The van der Waals surface area contributed by atoms with Gasteiger partial charge in [0, 0.05) is 49.5 Å². The van der Waals surface area contributed by atoms with Gasteiger partial charge in [0.25, 0.3) is 0 Å². The average molecular weight is 793 g/mol. The van der Waals surface area contributed by atoms with E-state index in [1.807, 2.05) is 30.3 Å². The molecule has 0 saturated heterocycles. The Labute approximate surface area is 357 Å². The van der Waals surface area contributed by atoms with Crippen LogP contribution in [0.15, 0.2) is 223 Å². The Bertz CT molecular complexity index is 3610. The number of hydrogen-bond acceptors (Lipinski definition) is 4. The van der Waals surface area contributed by atoms with Crippen molar-refractivity contribution in [3.05, 3.63) is 218 Å². The van der Waals surface area contributed by atoms with Crippen LogP contribution in [0, 0.1) is 0 Å². The third-order valence-electron chi connectivity index (χ3n) is 11.8. The molecule has 0 aliphatic rings. The van der Waals surface area contributed by atoms with E-state index >= 15 is 0 Å². The van der Waals surface area contributed by atoms with E-state index in [2.05, 4.69) is 193 Å². The monoisotopic (exact) mass is 792 g/mol. The molecule has 0 aliphatic carbocycles. The maximum absolute atomic E-state index is 6.22. The summed E-state index contributed by atoms with van der Waals surface area (Å²) in [6.45, 7) is 0. The number of pyridine rings is 1. The number of fused-ring (bicyclic) bond motifs is 6. The van der Waals surface area contributed by atoms with Crippen molar-refractivity contribution in [1.29, 1.82) is 0 Å². The molecule has 4 heterocycles. The number of hydrogen-bond donors (Lipinski definition) is 0. The molecule has 8 aromatic carbocycles. The highest BCUT2D eigenvalue weighted by molar-refractivity contribution is 6.09. The summed E-state index contributed by atoms with van der Waals surface area (Å²) in [4.78, 5) is 10.5.